The molecule has 1 aromatic rings. The molecule has 0 aromatic heterocycles. The molecule has 0 aliphatic heterocycles. The van der Waals surface area contributed by atoms with Crippen LogP contribution in [0.25, 0.3) is 0 Å². The molecule has 0 radical (unpaired) electrons. The molecule has 0 unspecified atom stereocenters. The summed E-state index contributed by atoms with van der Waals surface area (Å²) in [7, 11) is 0. The second-order valence-corrected chi connectivity index (χ2v) is 2.80. The zero-order chi connectivity index (χ0) is 9.68. The molecule has 0 spiro atoms. The molecule has 0 amide bonds. The van der Waals surface area contributed by atoms with E-state index in [9.17, 15) is 4.39 Å². The Bertz CT molecular complexity index is 328. The lowest BCUT2D eigenvalue weighted by molar-refractivity contribution is 0.619. The topological polar surface area (TPSA) is 35.8 Å². The summed E-state index contributed by atoms with van der Waals surface area (Å²) in [6.07, 6.45) is 0.426. The van der Waals surface area contributed by atoms with E-state index in [0.29, 0.717) is 18.5 Å². The van der Waals surface area contributed by atoms with Crippen molar-refractivity contribution < 1.29 is 4.39 Å². The predicted octanol–water partition coefficient (Wildman–Crippen LogP) is 2.46. The van der Waals surface area contributed by atoms with Gasteiger partial charge in [-0.2, -0.15) is 5.26 Å². The first-order valence-corrected chi connectivity index (χ1v) is 4.11. The molecule has 0 aliphatic rings. The number of anilines is 1. The summed E-state index contributed by atoms with van der Waals surface area (Å²) in [5.74, 6) is -0.220. The average Bonchev–Trinajstić information content (AvgIpc) is 2.12. The third-order valence-corrected chi connectivity index (χ3v) is 1.74. The molecule has 1 aromatic carbocycles. The Morgan fingerprint density at radius 2 is 2.31 bits per heavy atom. The van der Waals surface area contributed by atoms with Crippen molar-refractivity contribution in [3.63, 3.8) is 0 Å². The Labute approximate surface area is 77.0 Å². The summed E-state index contributed by atoms with van der Waals surface area (Å²) in [5.41, 5.74) is 1.35. The molecule has 13 heavy (non-hydrogen) atoms. The van der Waals surface area contributed by atoms with Gasteiger partial charge in [0.05, 0.1) is 12.5 Å². The summed E-state index contributed by atoms with van der Waals surface area (Å²) >= 11 is 0. The molecule has 0 atom stereocenters. The Balaban J connectivity index is 2.59. The second kappa shape index (κ2) is 4.46. The summed E-state index contributed by atoms with van der Waals surface area (Å²) in [5, 5.41) is 11.2. The molecule has 3 heteroatoms. The molecule has 68 valence electrons. The molecule has 0 aliphatic carbocycles. The Morgan fingerprint density at radius 1 is 1.54 bits per heavy atom. The average molecular weight is 178 g/mol. The SMILES string of the molecule is Cc1ccc(NCCC#N)cc1F. The van der Waals surface area contributed by atoms with Gasteiger partial charge in [0, 0.05) is 12.2 Å². The number of rotatable bonds is 3. The summed E-state index contributed by atoms with van der Waals surface area (Å²) in [6.45, 7) is 2.27. The summed E-state index contributed by atoms with van der Waals surface area (Å²) < 4.78 is 13.0. The fourth-order valence-corrected chi connectivity index (χ4v) is 0.966. The zero-order valence-electron chi connectivity index (χ0n) is 7.47. The van der Waals surface area contributed by atoms with Crippen LogP contribution in [-0.2, 0) is 0 Å². The molecule has 0 saturated carbocycles. The molecule has 0 bridgehead atoms. The minimum Gasteiger partial charge on any atom is -0.384 e. The number of hydrogen-bond acceptors (Lipinski definition) is 2. The van der Waals surface area contributed by atoms with E-state index in [1.165, 1.54) is 6.07 Å². The first-order chi connectivity index (χ1) is 6.24. The largest absolute Gasteiger partial charge is 0.384 e. The number of hydrogen-bond donors (Lipinski definition) is 1. The molecular formula is C10H11FN2. The normalized spacial score (nSPS) is 9.31. The molecule has 0 heterocycles. The van der Waals surface area contributed by atoms with E-state index in [2.05, 4.69) is 5.32 Å². The molecule has 1 rings (SSSR count). The van der Waals surface area contributed by atoms with Crippen LogP contribution < -0.4 is 5.32 Å². The van der Waals surface area contributed by atoms with Crippen molar-refractivity contribution in [3.05, 3.63) is 29.6 Å². The molecule has 1 N–H and O–H groups in total. The fourth-order valence-electron chi connectivity index (χ4n) is 0.966. The van der Waals surface area contributed by atoms with Gasteiger partial charge in [-0.1, -0.05) is 6.07 Å². The lowest BCUT2D eigenvalue weighted by Crippen LogP contribution is -2.00. The van der Waals surface area contributed by atoms with E-state index in [1.807, 2.05) is 6.07 Å². The Hall–Kier alpha value is -1.56. The van der Waals surface area contributed by atoms with Gasteiger partial charge < -0.3 is 5.32 Å². The number of halogens is 1. The smallest absolute Gasteiger partial charge is 0.128 e. The van der Waals surface area contributed by atoms with E-state index in [1.54, 1.807) is 19.1 Å². The van der Waals surface area contributed by atoms with Crippen LogP contribution in [-0.4, -0.2) is 6.54 Å². The molecule has 0 fully saturated rings. The van der Waals surface area contributed by atoms with Gasteiger partial charge in [0.15, 0.2) is 0 Å². The van der Waals surface area contributed by atoms with Gasteiger partial charge in [0.25, 0.3) is 0 Å². The van der Waals surface area contributed by atoms with E-state index in [4.69, 9.17) is 5.26 Å². The van der Waals surface area contributed by atoms with Crippen LogP contribution >= 0.6 is 0 Å². The first-order valence-electron chi connectivity index (χ1n) is 4.11. The van der Waals surface area contributed by atoms with Crippen LogP contribution in [0.4, 0.5) is 10.1 Å². The minimum atomic E-state index is -0.220. The van der Waals surface area contributed by atoms with Gasteiger partial charge in [0.1, 0.15) is 5.82 Å². The van der Waals surface area contributed by atoms with E-state index in [0.717, 1.165) is 5.69 Å². The highest BCUT2D eigenvalue weighted by molar-refractivity contribution is 5.45. The van der Waals surface area contributed by atoms with E-state index < -0.39 is 0 Å². The van der Waals surface area contributed by atoms with E-state index in [-0.39, 0.29) is 5.82 Å². The van der Waals surface area contributed by atoms with Crippen molar-refractivity contribution >= 4 is 5.69 Å². The predicted molar refractivity (Wildman–Crippen MR) is 49.9 cm³/mol. The lowest BCUT2D eigenvalue weighted by atomic mass is 10.2. The van der Waals surface area contributed by atoms with Gasteiger partial charge in [-0.15, -0.1) is 0 Å². The van der Waals surface area contributed by atoms with Crippen LogP contribution in [0.1, 0.15) is 12.0 Å². The third kappa shape index (κ3) is 2.75. The monoisotopic (exact) mass is 178 g/mol. The minimum absolute atomic E-state index is 0.220. The van der Waals surface area contributed by atoms with Crippen molar-refractivity contribution in [2.75, 3.05) is 11.9 Å². The Kier molecular flexibility index (Phi) is 3.27. The van der Waals surface area contributed by atoms with Crippen LogP contribution in [0.3, 0.4) is 0 Å². The second-order valence-electron chi connectivity index (χ2n) is 2.80. The van der Waals surface area contributed by atoms with Crippen molar-refractivity contribution in [3.8, 4) is 6.07 Å². The Morgan fingerprint density at radius 3 is 2.92 bits per heavy atom. The summed E-state index contributed by atoms with van der Waals surface area (Å²) in [6, 6.07) is 6.96. The lowest BCUT2D eigenvalue weighted by Gasteiger charge is -2.04. The number of nitrogens with zero attached hydrogens (tertiary/aromatic N) is 1. The highest BCUT2D eigenvalue weighted by Gasteiger charge is 1.97. The van der Waals surface area contributed by atoms with Gasteiger partial charge in [-0.3, -0.25) is 0 Å². The molecule has 0 saturated heterocycles. The van der Waals surface area contributed by atoms with Crippen LogP contribution in [0.15, 0.2) is 18.2 Å². The zero-order valence-corrected chi connectivity index (χ0v) is 7.47. The quantitative estimate of drug-likeness (QED) is 0.721. The molecular weight excluding hydrogens is 167 g/mol. The summed E-state index contributed by atoms with van der Waals surface area (Å²) in [4.78, 5) is 0. The van der Waals surface area contributed by atoms with Crippen LogP contribution in [0.5, 0.6) is 0 Å². The van der Waals surface area contributed by atoms with Crippen LogP contribution in [0.2, 0.25) is 0 Å². The third-order valence-electron chi connectivity index (χ3n) is 1.74. The van der Waals surface area contributed by atoms with Crippen molar-refractivity contribution in [1.29, 1.82) is 5.26 Å². The van der Waals surface area contributed by atoms with Gasteiger partial charge in [0.2, 0.25) is 0 Å². The highest BCUT2D eigenvalue weighted by Crippen LogP contribution is 2.13. The maximum Gasteiger partial charge on any atom is 0.128 e. The number of aryl methyl sites for hydroxylation is 1. The standard InChI is InChI=1S/C10H11FN2/c1-8-3-4-9(7-10(8)11)13-6-2-5-12/h3-4,7,13H,2,6H2,1H3. The highest BCUT2D eigenvalue weighted by atomic mass is 19.1. The van der Waals surface area contributed by atoms with E-state index >= 15 is 0 Å². The molecule has 2 nitrogen and oxygen atoms in total. The van der Waals surface area contributed by atoms with Crippen molar-refractivity contribution in [2.45, 2.75) is 13.3 Å². The fraction of sp³-hybridized carbons (Fsp3) is 0.300. The van der Waals surface area contributed by atoms with Gasteiger partial charge >= 0.3 is 0 Å². The number of nitriles is 1. The van der Waals surface area contributed by atoms with Gasteiger partial charge in [-0.05, 0) is 24.6 Å². The maximum absolute atomic E-state index is 13.0. The van der Waals surface area contributed by atoms with Gasteiger partial charge in [-0.25, -0.2) is 4.39 Å². The number of nitrogens with one attached hydrogen (secondary N) is 1. The van der Waals surface area contributed by atoms with Crippen molar-refractivity contribution in [2.24, 2.45) is 0 Å². The maximum atomic E-state index is 13.0. The number of benzene rings is 1. The first kappa shape index (κ1) is 9.53. The van der Waals surface area contributed by atoms with Crippen molar-refractivity contribution in [1.82, 2.24) is 0 Å². The van der Waals surface area contributed by atoms with Crippen LogP contribution in [0, 0.1) is 24.1 Å².